The Morgan fingerprint density at radius 3 is 2.67 bits per heavy atom. The Labute approximate surface area is 109 Å². The molecule has 2 aromatic heterocycles. The lowest BCUT2D eigenvalue weighted by molar-refractivity contribution is 0.102. The minimum Gasteiger partial charge on any atom is -0.304 e. The normalized spacial score (nSPS) is 11.6. The molecule has 1 amide bonds. The highest BCUT2D eigenvalue weighted by molar-refractivity contribution is 7.08. The van der Waals surface area contributed by atoms with E-state index < -0.39 is 0 Å². The predicted octanol–water partition coefficient (Wildman–Crippen LogP) is 2.12. The minimum atomic E-state index is -0.227. The average Bonchev–Trinajstić information content (AvgIpc) is 2.85. The van der Waals surface area contributed by atoms with E-state index in [0.717, 1.165) is 17.2 Å². The van der Waals surface area contributed by atoms with Crippen LogP contribution in [-0.4, -0.2) is 25.7 Å². The van der Waals surface area contributed by atoms with E-state index in [1.807, 2.05) is 6.07 Å². The topological polar surface area (TPSA) is 83.6 Å². The van der Waals surface area contributed by atoms with Crippen molar-refractivity contribution in [2.75, 3.05) is 5.32 Å². The highest BCUT2D eigenvalue weighted by Gasteiger charge is 2.19. The van der Waals surface area contributed by atoms with Crippen molar-refractivity contribution in [3.63, 3.8) is 0 Å². The van der Waals surface area contributed by atoms with Crippen LogP contribution in [0.1, 0.15) is 41.8 Å². The van der Waals surface area contributed by atoms with Gasteiger partial charge in [-0.15, -0.1) is 5.10 Å². The molecule has 2 N–H and O–H groups in total. The van der Waals surface area contributed by atoms with Gasteiger partial charge in [0.25, 0.3) is 5.91 Å². The third-order valence-electron chi connectivity index (χ3n) is 2.49. The Hall–Kier alpha value is -1.76. The van der Waals surface area contributed by atoms with Crippen LogP contribution in [0.2, 0.25) is 0 Å². The molecule has 0 saturated carbocycles. The summed E-state index contributed by atoms with van der Waals surface area (Å²) in [4.78, 5) is 12.4. The summed E-state index contributed by atoms with van der Waals surface area (Å²) in [5.41, 5.74) is 1.57. The molecular weight excluding hydrogens is 250 g/mol. The molecule has 0 aliphatic rings. The van der Waals surface area contributed by atoms with Crippen LogP contribution in [0.5, 0.6) is 0 Å². The second kappa shape index (κ2) is 4.49. The average molecular weight is 265 g/mol. The van der Waals surface area contributed by atoms with Crippen molar-refractivity contribution >= 4 is 23.3 Å². The molecule has 0 aromatic carbocycles. The maximum atomic E-state index is 11.9. The van der Waals surface area contributed by atoms with Crippen molar-refractivity contribution in [2.24, 2.45) is 0 Å². The third-order valence-corrected chi connectivity index (χ3v) is 3.31. The molecule has 2 heterocycles. The fourth-order valence-corrected chi connectivity index (χ4v) is 1.93. The number of rotatable bonds is 2. The fourth-order valence-electron chi connectivity index (χ4n) is 1.38. The largest absolute Gasteiger partial charge is 0.304 e. The molecule has 7 heteroatoms. The monoisotopic (exact) mass is 265 g/mol. The first kappa shape index (κ1) is 12.7. The summed E-state index contributed by atoms with van der Waals surface area (Å²) in [6, 6.07) is 1.84. The summed E-state index contributed by atoms with van der Waals surface area (Å²) in [6.07, 6.45) is 0. The molecule has 2 rings (SSSR count). The number of amides is 1. The number of aromatic nitrogens is 4. The lowest BCUT2D eigenvalue weighted by Gasteiger charge is -2.14. The van der Waals surface area contributed by atoms with Gasteiger partial charge in [0, 0.05) is 17.2 Å². The summed E-state index contributed by atoms with van der Waals surface area (Å²) in [5.74, 6) is 0.284. The van der Waals surface area contributed by atoms with E-state index in [-0.39, 0.29) is 11.3 Å². The molecule has 0 atom stereocenters. The number of nitrogens with zero attached hydrogens (tertiary/aromatic N) is 3. The smallest absolute Gasteiger partial charge is 0.270 e. The van der Waals surface area contributed by atoms with Gasteiger partial charge in [0.2, 0.25) is 0 Å². The molecule has 0 aliphatic carbocycles. The molecule has 0 fully saturated rings. The molecule has 0 aliphatic heterocycles. The minimum absolute atomic E-state index is 0.0298. The van der Waals surface area contributed by atoms with Gasteiger partial charge in [0.1, 0.15) is 4.88 Å². The highest BCUT2D eigenvalue weighted by Crippen LogP contribution is 2.22. The molecular formula is C11H15N5OS. The van der Waals surface area contributed by atoms with E-state index in [2.05, 4.69) is 45.9 Å². The van der Waals surface area contributed by atoms with E-state index >= 15 is 0 Å². The number of nitrogens with one attached hydrogen (secondary N) is 2. The molecule has 6 nitrogen and oxygen atoms in total. The van der Waals surface area contributed by atoms with Crippen LogP contribution in [-0.2, 0) is 5.41 Å². The molecule has 0 saturated heterocycles. The Kier molecular flexibility index (Phi) is 3.16. The molecule has 2 aromatic rings. The van der Waals surface area contributed by atoms with Gasteiger partial charge in [-0.2, -0.15) is 5.10 Å². The number of hydrogen-bond donors (Lipinski definition) is 2. The Balaban J connectivity index is 2.13. The maximum absolute atomic E-state index is 11.9. The van der Waals surface area contributed by atoms with Gasteiger partial charge in [-0.25, -0.2) is 0 Å². The Morgan fingerprint density at radius 2 is 2.17 bits per heavy atom. The van der Waals surface area contributed by atoms with Gasteiger partial charge in [0.05, 0.1) is 5.69 Å². The molecule has 0 bridgehead atoms. The van der Waals surface area contributed by atoms with Gasteiger partial charge in [-0.3, -0.25) is 9.89 Å². The molecule has 0 unspecified atom stereocenters. The van der Waals surface area contributed by atoms with E-state index in [1.54, 1.807) is 6.92 Å². The second-order valence-electron chi connectivity index (χ2n) is 5.06. The van der Waals surface area contributed by atoms with Crippen molar-refractivity contribution < 1.29 is 4.79 Å². The van der Waals surface area contributed by atoms with Crippen LogP contribution < -0.4 is 5.32 Å². The molecule has 0 radical (unpaired) electrons. The summed E-state index contributed by atoms with van der Waals surface area (Å²) in [6.45, 7) is 7.97. The van der Waals surface area contributed by atoms with Gasteiger partial charge in [0.15, 0.2) is 5.82 Å². The summed E-state index contributed by atoms with van der Waals surface area (Å²) in [7, 11) is 0. The van der Waals surface area contributed by atoms with E-state index in [0.29, 0.717) is 16.4 Å². The van der Waals surface area contributed by atoms with Crippen molar-refractivity contribution in [2.45, 2.75) is 33.1 Å². The molecule has 0 spiro atoms. The molecule has 96 valence electrons. The first-order valence-corrected chi connectivity index (χ1v) is 6.31. The van der Waals surface area contributed by atoms with Crippen LogP contribution in [0.3, 0.4) is 0 Å². The van der Waals surface area contributed by atoms with E-state index in [1.165, 1.54) is 0 Å². The number of carbonyl (C=O) groups excluding carboxylic acids is 1. The number of anilines is 1. The zero-order valence-electron chi connectivity index (χ0n) is 10.7. The van der Waals surface area contributed by atoms with Gasteiger partial charge < -0.3 is 5.32 Å². The lowest BCUT2D eigenvalue weighted by atomic mass is 9.92. The van der Waals surface area contributed by atoms with Crippen LogP contribution >= 0.6 is 11.5 Å². The lowest BCUT2D eigenvalue weighted by Crippen LogP contribution is -2.12. The van der Waals surface area contributed by atoms with Gasteiger partial charge >= 0.3 is 0 Å². The van der Waals surface area contributed by atoms with E-state index in [4.69, 9.17) is 0 Å². The zero-order chi connectivity index (χ0) is 13.3. The van der Waals surface area contributed by atoms with Crippen molar-refractivity contribution in [1.82, 2.24) is 19.8 Å². The summed E-state index contributed by atoms with van der Waals surface area (Å²) in [5, 5.41) is 13.5. The number of aromatic amines is 1. The van der Waals surface area contributed by atoms with Crippen molar-refractivity contribution in [1.29, 1.82) is 0 Å². The standard InChI is InChI=1S/C11H15N5OS/c1-6-9(18-16-13-6)10(17)12-8-5-7(14-15-8)11(2,3)4/h5H,1-4H3,(H2,12,14,15,17). The SMILES string of the molecule is Cc1nnsc1C(=O)Nc1cc(C(C)(C)C)[nH]n1. The number of carbonyl (C=O) groups is 1. The summed E-state index contributed by atoms with van der Waals surface area (Å²) >= 11 is 1.08. The number of H-pyrrole nitrogens is 1. The Bertz CT molecular complexity index is 566. The fraction of sp³-hybridized carbons (Fsp3) is 0.455. The van der Waals surface area contributed by atoms with E-state index in [9.17, 15) is 4.79 Å². The van der Waals surface area contributed by atoms with Crippen LogP contribution in [0.15, 0.2) is 6.07 Å². The van der Waals surface area contributed by atoms with Crippen LogP contribution in [0.4, 0.5) is 5.82 Å². The third kappa shape index (κ3) is 2.56. The van der Waals surface area contributed by atoms with Gasteiger partial charge in [-0.05, 0) is 18.5 Å². The van der Waals surface area contributed by atoms with Crippen LogP contribution in [0.25, 0.3) is 0 Å². The van der Waals surface area contributed by atoms with Gasteiger partial charge in [-0.1, -0.05) is 25.3 Å². The maximum Gasteiger partial charge on any atom is 0.270 e. The highest BCUT2D eigenvalue weighted by atomic mass is 32.1. The second-order valence-corrected chi connectivity index (χ2v) is 5.81. The summed E-state index contributed by atoms with van der Waals surface area (Å²) < 4.78 is 3.73. The Morgan fingerprint density at radius 1 is 1.44 bits per heavy atom. The first-order chi connectivity index (χ1) is 8.38. The zero-order valence-corrected chi connectivity index (χ0v) is 11.6. The number of hydrogen-bond acceptors (Lipinski definition) is 5. The van der Waals surface area contributed by atoms with Crippen molar-refractivity contribution in [3.05, 3.63) is 22.3 Å². The number of aryl methyl sites for hydroxylation is 1. The molecule has 18 heavy (non-hydrogen) atoms. The van der Waals surface area contributed by atoms with Crippen molar-refractivity contribution in [3.8, 4) is 0 Å². The van der Waals surface area contributed by atoms with Crippen LogP contribution in [0, 0.1) is 6.92 Å². The first-order valence-electron chi connectivity index (χ1n) is 5.54. The predicted molar refractivity (Wildman–Crippen MR) is 69.9 cm³/mol. The quantitative estimate of drug-likeness (QED) is 0.871.